The predicted molar refractivity (Wildman–Crippen MR) is 85.0 cm³/mol. The average Bonchev–Trinajstić information content (AvgIpc) is 2.46. The summed E-state index contributed by atoms with van der Waals surface area (Å²) in [4.78, 5) is 4.02. The molecule has 2 heterocycles. The molecular weight excluding hydrogens is 354 g/mol. The van der Waals surface area contributed by atoms with Gasteiger partial charge in [0.15, 0.2) is 0 Å². The summed E-state index contributed by atoms with van der Waals surface area (Å²) >= 11 is 3.30. The summed E-state index contributed by atoms with van der Waals surface area (Å²) in [5.41, 5.74) is 2.26. The minimum Gasteiger partial charge on any atom is -0.254 e. The van der Waals surface area contributed by atoms with Crippen molar-refractivity contribution in [3.8, 4) is 0 Å². The van der Waals surface area contributed by atoms with Gasteiger partial charge in [-0.1, -0.05) is 40.2 Å². The molecule has 0 saturated heterocycles. The zero-order valence-electron chi connectivity index (χ0n) is 11.2. The number of nitrogens with zero attached hydrogens (tertiary/aromatic N) is 2. The molecule has 3 rings (SSSR count). The van der Waals surface area contributed by atoms with Gasteiger partial charge in [-0.3, -0.25) is 4.72 Å². The highest BCUT2D eigenvalue weighted by Crippen LogP contribution is 2.22. The van der Waals surface area contributed by atoms with Crippen LogP contribution in [0.1, 0.15) is 11.1 Å². The van der Waals surface area contributed by atoms with Crippen LogP contribution in [0.15, 0.2) is 47.1 Å². The van der Waals surface area contributed by atoms with Crippen molar-refractivity contribution in [2.45, 2.75) is 13.0 Å². The van der Waals surface area contributed by atoms with E-state index in [9.17, 15) is 8.42 Å². The van der Waals surface area contributed by atoms with Crippen molar-refractivity contribution in [2.75, 3.05) is 11.3 Å². The van der Waals surface area contributed by atoms with Crippen LogP contribution in [0.4, 0.5) is 5.82 Å². The fourth-order valence-corrected chi connectivity index (χ4v) is 3.81. The lowest BCUT2D eigenvalue weighted by molar-refractivity contribution is 0.394. The molecule has 0 unspecified atom stereocenters. The molecule has 0 fully saturated rings. The molecule has 7 heteroatoms. The minimum atomic E-state index is -3.60. The third-order valence-corrected chi connectivity index (χ3v) is 5.34. The van der Waals surface area contributed by atoms with Crippen LogP contribution in [0.3, 0.4) is 0 Å². The zero-order chi connectivity index (χ0) is 14.9. The highest BCUT2D eigenvalue weighted by atomic mass is 79.9. The number of nitrogens with one attached hydrogen (secondary N) is 1. The zero-order valence-corrected chi connectivity index (χ0v) is 13.6. The van der Waals surface area contributed by atoms with E-state index >= 15 is 0 Å². The van der Waals surface area contributed by atoms with Gasteiger partial charge in [-0.05, 0) is 29.7 Å². The normalized spacial score (nSPS) is 15.5. The summed E-state index contributed by atoms with van der Waals surface area (Å²) in [6.45, 7) is 0.861. The Hall–Kier alpha value is -1.44. The Kier molecular flexibility index (Phi) is 3.97. The Morgan fingerprint density at radius 2 is 1.95 bits per heavy atom. The fraction of sp³-hybridized carbons (Fsp3) is 0.214. The predicted octanol–water partition coefficient (Wildman–Crippen LogP) is 2.56. The number of halogens is 1. The summed E-state index contributed by atoms with van der Waals surface area (Å²) in [7, 11) is -3.60. The largest absolute Gasteiger partial charge is 0.303 e. The maximum Gasteiger partial charge on any atom is 0.303 e. The Morgan fingerprint density at radius 1 is 1.19 bits per heavy atom. The summed E-state index contributed by atoms with van der Waals surface area (Å²) in [5, 5.41) is 0. The van der Waals surface area contributed by atoms with Crippen molar-refractivity contribution in [1.82, 2.24) is 9.29 Å². The molecule has 1 aliphatic heterocycles. The Balaban J connectivity index is 1.80. The molecular formula is C14H14BrN3O2S. The van der Waals surface area contributed by atoms with Crippen LogP contribution in [-0.4, -0.2) is 24.3 Å². The summed E-state index contributed by atoms with van der Waals surface area (Å²) in [6, 6.07) is 11.3. The molecule has 0 saturated carbocycles. The number of hydrogen-bond donors (Lipinski definition) is 1. The van der Waals surface area contributed by atoms with E-state index in [4.69, 9.17) is 0 Å². The molecule has 0 atom stereocenters. The lowest BCUT2D eigenvalue weighted by atomic mass is 10.0. The molecule has 0 spiro atoms. The molecule has 1 aliphatic rings. The van der Waals surface area contributed by atoms with Gasteiger partial charge in [-0.25, -0.2) is 4.98 Å². The van der Waals surface area contributed by atoms with Crippen LogP contribution in [-0.2, 0) is 23.2 Å². The van der Waals surface area contributed by atoms with E-state index in [0.717, 1.165) is 16.5 Å². The highest BCUT2D eigenvalue weighted by Gasteiger charge is 2.26. The molecule has 0 bridgehead atoms. The van der Waals surface area contributed by atoms with Gasteiger partial charge in [0.05, 0.1) is 0 Å². The molecule has 1 N–H and O–H groups in total. The van der Waals surface area contributed by atoms with Gasteiger partial charge in [0, 0.05) is 23.8 Å². The number of fused-ring (bicyclic) bond motifs is 1. The van der Waals surface area contributed by atoms with Gasteiger partial charge in [-0.15, -0.1) is 0 Å². The first-order valence-corrected chi connectivity index (χ1v) is 8.74. The SMILES string of the molecule is O=S(=O)(Nc1cc(Br)ccn1)N1CCc2ccccc2C1. The second-order valence-corrected chi connectivity index (χ2v) is 7.40. The average molecular weight is 368 g/mol. The smallest absolute Gasteiger partial charge is 0.254 e. The molecule has 5 nitrogen and oxygen atoms in total. The summed E-state index contributed by atoms with van der Waals surface area (Å²) in [5.74, 6) is 0.309. The van der Waals surface area contributed by atoms with Crippen molar-refractivity contribution < 1.29 is 8.42 Å². The standard InChI is InChI=1S/C14H14BrN3O2S/c15-13-5-7-16-14(9-13)17-21(19,20)18-8-6-11-3-1-2-4-12(11)10-18/h1-5,7,9H,6,8,10H2,(H,16,17). The van der Waals surface area contributed by atoms with Gasteiger partial charge in [0.1, 0.15) is 5.82 Å². The molecule has 2 aromatic rings. The molecule has 110 valence electrons. The molecule has 1 aromatic carbocycles. The maximum atomic E-state index is 12.4. The Morgan fingerprint density at radius 3 is 2.71 bits per heavy atom. The second-order valence-electron chi connectivity index (χ2n) is 4.82. The molecule has 0 amide bonds. The number of rotatable bonds is 3. The molecule has 0 radical (unpaired) electrons. The van der Waals surface area contributed by atoms with Crippen LogP contribution >= 0.6 is 15.9 Å². The lowest BCUT2D eigenvalue weighted by Gasteiger charge is -2.28. The topological polar surface area (TPSA) is 62.3 Å². The van der Waals surface area contributed by atoms with Crippen molar-refractivity contribution in [3.05, 3.63) is 58.2 Å². The van der Waals surface area contributed by atoms with Crippen molar-refractivity contribution in [1.29, 1.82) is 0 Å². The van der Waals surface area contributed by atoms with Crippen molar-refractivity contribution in [3.63, 3.8) is 0 Å². The van der Waals surface area contributed by atoms with Gasteiger partial charge < -0.3 is 0 Å². The number of benzene rings is 1. The van der Waals surface area contributed by atoms with Gasteiger partial charge in [0.2, 0.25) is 0 Å². The third kappa shape index (κ3) is 3.25. The Labute approximate surface area is 132 Å². The monoisotopic (exact) mass is 367 g/mol. The quantitative estimate of drug-likeness (QED) is 0.906. The second kappa shape index (κ2) is 5.75. The third-order valence-electron chi connectivity index (χ3n) is 3.39. The van der Waals surface area contributed by atoms with E-state index in [0.29, 0.717) is 18.9 Å². The number of aromatic nitrogens is 1. The van der Waals surface area contributed by atoms with E-state index in [1.165, 1.54) is 9.87 Å². The van der Waals surface area contributed by atoms with Gasteiger partial charge in [-0.2, -0.15) is 12.7 Å². The lowest BCUT2D eigenvalue weighted by Crippen LogP contribution is -2.39. The van der Waals surface area contributed by atoms with Crippen LogP contribution < -0.4 is 4.72 Å². The first-order valence-electron chi connectivity index (χ1n) is 6.51. The van der Waals surface area contributed by atoms with Gasteiger partial charge >= 0.3 is 10.2 Å². The number of anilines is 1. The van der Waals surface area contributed by atoms with Crippen LogP contribution in [0.2, 0.25) is 0 Å². The first kappa shape index (κ1) is 14.5. The van der Waals surface area contributed by atoms with E-state index in [-0.39, 0.29) is 0 Å². The van der Waals surface area contributed by atoms with E-state index in [1.54, 1.807) is 18.3 Å². The summed E-state index contributed by atoms with van der Waals surface area (Å²) < 4.78 is 29.6. The number of pyridine rings is 1. The summed E-state index contributed by atoms with van der Waals surface area (Å²) in [6.07, 6.45) is 2.27. The molecule has 0 aliphatic carbocycles. The van der Waals surface area contributed by atoms with E-state index in [2.05, 4.69) is 25.6 Å². The van der Waals surface area contributed by atoms with E-state index < -0.39 is 10.2 Å². The maximum absolute atomic E-state index is 12.4. The van der Waals surface area contributed by atoms with Crippen molar-refractivity contribution >= 4 is 32.0 Å². The van der Waals surface area contributed by atoms with Crippen molar-refractivity contribution in [2.24, 2.45) is 0 Å². The fourth-order valence-electron chi connectivity index (χ4n) is 2.33. The van der Waals surface area contributed by atoms with E-state index in [1.807, 2.05) is 24.3 Å². The van der Waals surface area contributed by atoms with Crippen LogP contribution in [0.5, 0.6) is 0 Å². The first-order chi connectivity index (χ1) is 10.0. The van der Waals surface area contributed by atoms with Crippen LogP contribution in [0.25, 0.3) is 0 Å². The van der Waals surface area contributed by atoms with Crippen LogP contribution in [0, 0.1) is 0 Å². The molecule has 21 heavy (non-hydrogen) atoms. The number of hydrogen-bond acceptors (Lipinski definition) is 3. The Bertz CT molecular complexity index is 764. The minimum absolute atomic E-state index is 0.309. The highest BCUT2D eigenvalue weighted by molar-refractivity contribution is 9.10. The molecule has 1 aromatic heterocycles. The van der Waals surface area contributed by atoms with Gasteiger partial charge in [0.25, 0.3) is 0 Å².